The maximum Gasteiger partial charge on any atom is 0.246 e. The van der Waals surface area contributed by atoms with Crippen LogP contribution in [0.1, 0.15) is 28.4 Å². The van der Waals surface area contributed by atoms with Crippen molar-refractivity contribution in [1.82, 2.24) is 14.8 Å². The van der Waals surface area contributed by atoms with Crippen molar-refractivity contribution in [2.45, 2.75) is 25.0 Å². The van der Waals surface area contributed by atoms with Crippen LogP contribution in [0.5, 0.6) is 11.5 Å². The summed E-state index contributed by atoms with van der Waals surface area (Å²) in [6, 6.07) is 22.5. The summed E-state index contributed by atoms with van der Waals surface area (Å²) < 4.78 is 10.8. The molecule has 2 amide bonds. The maximum absolute atomic E-state index is 13.9. The Morgan fingerprint density at radius 1 is 0.917 bits per heavy atom. The van der Waals surface area contributed by atoms with E-state index in [4.69, 9.17) is 9.47 Å². The molecule has 3 heterocycles. The second-order valence-corrected chi connectivity index (χ2v) is 9.27. The lowest BCUT2D eigenvalue weighted by Gasteiger charge is -2.47. The predicted molar refractivity (Wildman–Crippen MR) is 136 cm³/mol. The first-order valence-electron chi connectivity index (χ1n) is 12.0. The minimum absolute atomic E-state index is 0.0234. The molecule has 1 aromatic heterocycles. The number of nitrogens with one attached hydrogen (secondary N) is 1. The molecule has 0 aliphatic carbocycles. The lowest BCUT2D eigenvalue weighted by Crippen LogP contribution is -2.62. The molecule has 7 heteroatoms. The van der Waals surface area contributed by atoms with Crippen molar-refractivity contribution in [2.24, 2.45) is 0 Å². The van der Waals surface area contributed by atoms with Crippen LogP contribution >= 0.6 is 0 Å². The zero-order valence-corrected chi connectivity index (χ0v) is 20.2. The summed E-state index contributed by atoms with van der Waals surface area (Å²) in [4.78, 5) is 34.6. The Morgan fingerprint density at radius 2 is 1.67 bits per heavy atom. The lowest BCUT2D eigenvalue weighted by atomic mass is 9.86. The van der Waals surface area contributed by atoms with Gasteiger partial charge in [0.05, 0.1) is 20.3 Å². The van der Waals surface area contributed by atoms with Gasteiger partial charge in [-0.25, -0.2) is 0 Å². The first-order valence-corrected chi connectivity index (χ1v) is 12.0. The van der Waals surface area contributed by atoms with Crippen molar-refractivity contribution in [2.75, 3.05) is 20.8 Å². The number of methoxy groups -OCH3 is 2. The van der Waals surface area contributed by atoms with Gasteiger partial charge in [0.1, 0.15) is 24.1 Å². The van der Waals surface area contributed by atoms with Gasteiger partial charge in [0.25, 0.3) is 0 Å². The van der Waals surface area contributed by atoms with Crippen molar-refractivity contribution < 1.29 is 19.1 Å². The maximum atomic E-state index is 13.9. The van der Waals surface area contributed by atoms with Crippen molar-refractivity contribution in [1.29, 1.82) is 0 Å². The SMILES string of the molecule is COc1ccc(C2c3[nH]c4ccccc4c3C[C@H]3C(=O)N(Cc4ccccc4OC)CC(=O)N23)cc1. The topological polar surface area (TPSA) is 74.9 Å². The number of nitrogens with zero attached hydrogens (tertiary/aromatic N) is 2. The Kier molecular flexibility index (Phi) is 5.40. The highest BCUT2D eigenvalue weighted by Crippen LogP contribution is 2.43. The van der Waals surface area contributed by atoms with E-state index in [-0.39, 0.29) is 24.4 Å². The van der Waals surface area contributed by atoms with E-state index in [0.717, 1.165) is 39.0 Å². The molecule has 0 radical (unpaired) electrons. The molecule has 0 bridgehead atoms. The standard InChI is InChI=1S/C29H27N3O4/c1-35-20-13-11-18(12-14-20)28-27-22(21-8-4-5-9-23(21)30-27)15-24-29(34)31(17-26(33)32(24)28)16-19-7-3-6-10-25(19)36-2/h3-14,24,28,30H,15-17H2,1-2H3/t24-,28?/m0/s1. The fourth-order valence-electron chi connectivity index (χ4n) is 5.63. The van der Waals surface area contributed by atoms with Crippen LogP contribution in [0.15, 0.2) is 72.8 Å². The number of amides is 2. The molecule has 2 aliphatic rings. The van der Waals surface area contributed by atoms with Crippen LogP contribution in [-0.4, -0.2) is 53.4 Å². The number of hydrogen-bond acceptors (Lipinski definition) is 4. The van der Waals surface area contributed by atoms with Gasteiger partial charge in [0, 0.05) is 35.1 Å². The fraction of sp³-hybridized carbons (Fsp3) is 0.241. The molecule has 182 valence electrons. The second kappa shape index (κ2) is 8.75. The Labute approximate surface area is 209 Å². The minimum atomic E-state index is -0.584. The highest BCUT2D eigenvalue weighted by molar-refractivity contribution is 5.97. The Balaban J connectivity index is 1.44. The van der Waals surface area contributed by atoms with Gasteiger partial charge in [0.2, 0.25) is 11.8 Å². The number of carbonyl (C=O) groups excluding carboxylic acids is 2. The van der Waals surface area contributed by atoms with Crippen LogP contribution in [0.25, 0.3) is 10.9 Å². The number of H-pyrrole nitrogens is 1. The summed E-state index contributed by atoms with van der Waals surface area (Å²) in [6.07, 6.45) is 0.471. The molecule has 4 aromatic rings. The number of fused-ring (bicyclic) bond motifs is 4. The normalized spacial score (nSPS) is 19.3. The second-order valence-electron chi connectivity index (χ2n) is 9.27. The molecule has 2 aliphatic heterocycles. The average Bonchev–Trinajstić information content (AvgIpc) is 3.29. The molecule has 1 N–H and O–H groups in total. The van der Waals surface area contributed by atoms with Crippen molar-refractivity contribution in [3.05, 3.63) is 95.2 Å². The smallest absolute Gasteiger partial charge is 0.246 e. The van der Waals surface area contributed by atoms with Gasteiger partial charge in [-0.05, 0) is 35.4 Å². The number of hydrogen-bond donors (Lipinski definition) is 1. The van der Waals surface area contributed by atoms with Crippen molar-refractivity contribution in [3.63, 3.8) is 0 Å². The summed E-state index contributed by atoms with van der Waals surface area (Å²) in [5, 5.41) is 1.09. The van der Waals surface area contributed by atoms with Crippen LogP contribution in [0.2, 0.25) is 0 Å². The molecular formula is C29H27N3O4. The van der Waals surface area contributed by atoms with E-state index >= 15 is 0 Å². The highest BCUT2D eigenvalue weighted by atomic mass is 16.5. The van der Waals surface area contributed by atoms with Crippen molar-refractivity contribution in [3.8, 4) is 11.5 Å². The molecule has 7 nitrogen and oxygen atoms in total. The van der Waals surface area contributed by atoms with Gasteiger partial charge >= 0.3 is 0 Å². The van der Waals surface area contributed by atoms with E-state index in [1.165, 1.54) is 0 Å². The van der Waals surface area contributed by atoms with Gasteiger partial charge in [-0.3, -0.25) is 9.59 Å². The van der Waals surface area contributed by atoms with Crippen LogP contribution < -0.4 is 9.47 Å². The third kappa shape index (κ3) is 3.50. The monoisotopic (exact) mass is 481 g/mol. The van der Waals surface area contributed by atoms with Crippen LogP contribution in [0, 0.1) is 0 Å². The molecule has 6 rings (SSSR count). The van der Waals surface area contributed by atoms with Gasteiger partial charge in [-0.2, -0.15) is 0 Å². The van der Waals surface area contributed by atoms with Gasteiger partial charge in [-0.1, -0.05) is 48.5 Å². The first kappa shape index (κ1) is 22.2. The zero-order chi connectivity index (χ0) is 24.8. The quantitative estimate of drug-likeness (QED) is 0.466. The van der Waals surface area contributed by atoms with E-state index in [1.807, 2.05) is 66.7 Å². The van der Waals surface area contributed by atoms with Crippen LogP contribution in [0.4, 0.5) is 0 Å². The van der Waals surface area contributed by atoms with E-state index in [2.05, 4.69) is 11.1 Å². The van der Waals surface area contributed by atoms with Crippen LogP contribution in [-0.2, 0) is 22.6 Å². The van der Waals surface area contributed by atoms with E-state index in [9.17, 15) is 9.59 Å². The Morgan fingerprint density at radius 3 is 2.44 bits per heavy atom. The van der Waals surface area contributed by atoms with Crippen molar-refractivity contribution >= 4 is 22.7 Å². The summed E-state index contributed by atoms with van der Waals surface area (Å²) in [6.45, 7) is 0.350. The minimum Gasteiger partial charge on any atom is -0.497 e. The largest absolute Gasteiger partial charge is 0.497 e. The fourth-order valence-corrected chi connectivity index (χ4v) is 5.63. The zero-order valence-electron chi connectivity index (χ0n) is 20.2. The summed E-state index contributed by atoms with van der Waals surface area (Å²) >= 11 is 0. The number of aromatic amines is 1. The summed E-state index contributed by atoms with van der Waals surface area (Å²) in [7, 11) is 3.24. The van der Waals surface area contributed by atoms with E-state index in [1.54, 1.807) is 24.0 Å². The Bertz CT molecular complexity index is 1460. The number of piperazine rings is 1. The predicted octanol–water partition coefficient (Wildman–Crippen LogP) is 4.07. The van der Waals surface area contributed by atoms with Gasteiger partial charge in [-0.15, -0.1) is 0 Å². The van der Waals surface area contributed by atoms with E-state index < -0.39 is 6.04 Å². The molecule has 0 spiro atoms. The Hall–Kier alpha value is -4.26. The number of para-hydroxylation sites is 2. The lowest BCUT2D eigenvalue weighted by molar-refractivity contribution is -0.159. The molecule has 2 atom stereocenters. The number of rotatable bonds is 5. The molecule has 1 unspecified atom stereocenters. The average molecular weight is 482 g/mol. The molecule has 1 saturated heterocycles. The molecule has 0 saturated carbocycles. The molecule has 1 fully saturated rings. The number of carbonyl (C=O) groups is 2. The molecule has 36 heavy (non-hydrogen) atoms. The van der Waals surface area contributed by atoms with Crippen LogP contribution in [0.3, 0.4) is 0 Å². The third-order valence-electron chi connectivity index (χ3n) is 7.33. The number of ether oxygens (including phenoxy) is 2. The van der Waals surface area contributed by atoms with E-state index in [0.29, 0.717) is 18.7 Å². The first-order chi connectivity index (χ1) is 17.6. The highest BCUT2D eigenvalue weighted by Gasteiger charge is 2.48. The summed E-state index contributed by atoms with van der Waals surface area (Å²) in [5.74, 6) is 1.33. The third-order valence-corrected chi connectivity index (χ3v) is 7.33. The summed E-state index contributed by atoms with van der Waals surface area (Å²) in [5.41, 5.74) is 4.88. The van der Waals surface area contributed by atoms with Gasteiger partial charge < -0.3 is 24.3 Å². The number of benzene rings is 3. The molecule has 3 aromatic carbocycles. The number of aromatic nitrogens is 1. The molecular weight excluding hydrogens is 454 g/mol. The van der Waals surface area contributed by atoms with Gasteiger partial charge in [0.15, 0.2) is 0 Å².